The fraction of sp³-hybridized carbons (Fsp3) is 0.906. The molecule has 208 valence electrons. The summed E-state index contributed by atoms with van der Waals surface area (Å²) in [6, 6.07) is 0. The minimum Gasteiger partial charge on any atom is -1.00 e. The summed E-state index contributed by atoms with van der Waals surface area (Å²) >= 11 is 0. The summed E-state index contributed by atoms with van der Waals surface area (Å²) in [6.07, 6.45) is 19.6. The number of hydrogen-bond donors (Lipinski definition) is 1. The molecule has 4 saturated carbocycles. The first-order valence-corrected chi connectivity index (χ1v) is 15.3. The van der Waals surface area contributed by atoms with Crippen molar-refractivity contribution in [1.82, 2.24) is 5.32 Å². The number of nitrogens with one attached hydrogen (secondary N) is 1. The van der Waals surface area contributed by atoms with Crippen molar-refractivity contribution >= 4 is 5.91 Å². The molecule has 36 heavy (non-hydrogen) atoms. The Morgan fingerprint density at radius 1 is 1.03 bits per heavy atom. The van der Waals surface area contributed by atoms with Gasteiger partial charge in [-0.1, -0.05) is 40.2 Å². The van der Waals surface area contributed by atoms with E-state index in [1.54, 1.807) is 0 Å². The predicted molar refractivity (Wildman–Crippen MR) is 148 cm³/mol. The minimum absolute atomic E-state index is 0. The van der Waals surface area contributed by atoms with E-state index in [0.29, 0.717) is 23.2 Å². The molecule has 0 saturated heterocycles. The number of hydrogen-bond acceptors (Lipinski definition) is 1. The molecule has 0 aromatic rings. The first-order chi connectivity index (χ1) is 16.6. The standard InChI is InChI=1S/C32H56N2O.BrH/c1-7-22-34(5,6)23-10-21-33-30(35)17-12-24(2)27-15-16-28-26-14-13-25-11-8-9-19-31(25,3)29(26)18-20-32(27,28)4;/h7,24-29H,1,8-23H2,2-6H3;1H/t24-,25?,26?,27-,28?,29?,31+,32-;/m1./s1. The Kier molecular flexibility index (Phi) is 10.3. The lowest BCUT2D eigenvalue weighted by Crippen LogP contribution is -3.00. The van der Waals surface area contributed by atoms with Gasteiger partial charge < -0.3 is 26.8 Å². The van der Waals surface area contributed by atoms with Crippen LogP contribution in [0, 0.1) is 46.3 Å². The smallest absolute Gasteiger partial charge is 0.220 e. The van der Waals surface area contributed by atoms with E-state index < -0.39 is 0 Å². The van der Waals surface area contributed by atoms with Gasteiger partial charge in [-0.25, -0.2) is 0 Å². The maximum absolute atomic E-state index is 12.6. The van der Waals surface area contributed by atoms with Crippen LogP contribution in [-0.4, -0.2) is 44.1 Å². The van der Waals surface area contributed by atoms with E-state index in [1.807, 2.05) is 6.08 Å². The van der Waals surface area contributed by atoms with Crippen LogP contribution in [-0.2, 0) is 4.79 Å². The van der Waals surface area contributed by atoms with Crippen LogP contribution < -0.4 is 22.3 Å². The molecule has 0 spiro atoms. The summed E-state index contributed by atoms with van der Waals surface area (Å²) in [6.45, 7) is 14.5. The largest absolute Gasteiger partial charge is 1.00 e. The lowest BCUT2D eigenvalue weighted by molar-refractivity contribution is -0.884. The molecular weight excluding hydrogens is 508 g/mol. The zero-order valence-electron chi connectivity index (χ0n) is 24.3. The van der Waals surface area contributed by atoms with Gasteiger partial charge in [-0.05, 0) is 110 Å². The zero-order valence-corrected chi connectivity index (χ0v) is 25.9. The molecule has 1 amide bonds. The van der Waals surface area contributed by atoms with E-state index in [4.69, 9.17) is 0 Å². The Morgan fingerprint density at radius 2 is 1.78 bits per heavy atom. The molecule has 0 aromatic heterocycles. The monoisotopic (exact) mass is 564 g/mol. The molecule has 0 heterocycles. The third-order valence-electron chi connectivity index (χ3n) is 12.1. The number of quaternary nitrogens is 1. The number of likely N-dealkylation sites (N-methyl/N-ethyl adjacent to an activating group) is 1. The van der Waals surface area contributed by atoms with Crippen LogP contribution in [0.5, 0.6) is 0 Å². The number of nitrogens with zero attached hydrogens (tertiary/aromatic N) is 1. The van der Waals surface area contributed by atoms with Gasteiger partial charge in [0.1, 0.15) is 0 Å². The van der Waals surface area contributed by atoms with Crippen LogP contribution in [0.4, 0.5) is 0 Å². The zero-order chi connectivity index (χ0) is 25.3. The summed E-state index contributed by atoms with van der Waals surface area (Å²) in [5, 5.41) is 3.20. The van der Waals surface area contributed by atoms with E-state index in [0.717, 1.165) is 66.5 Å². The summed E-state index contributed by atoms with van der Waals surface area (Å²) in [5.74, 6) is 5.68. The van der Waals surface area contributed by atoms with Crippen molar-refractivity contribution in [2.75, 3.05) is 33.7 Å². The number of carbonyl (C=O) groups excluding carboxylic acids is 1. The van der Waals surface area contributed by atoms with E-state index in [-0.39, 0.29) is 22.9 Å². The number of amides is 1. The van der Waals surface area contributed by atoms with Crippen LogP contribution in [0.2, 0.25) is 0 Å². The molecule has 3 nitrogen and oxygen atoms in total. The predicted octanol–water partition coefficient (Wildman–Crippen LogP) is 4.22. The summed E-state index contributed by atoms with van der Waals surface area (Å²) in [7, 11) is 4.46. The summed E-state index contributed by atoms with van der Waals surface area (Å²) in [4.78, 5) is 12.6. The Hall–Kier alpha value is -0.350. The normalized spacial score (nSPS) is 38.6. The van der Waals surface area contributed by atoms with Crippen molar-refractivity contribution in [2.24, 2.45) is 46.3 Å². The maximum Gasteiger partial charge on any atom is 0.220 e. The highest BCUT2D eigenvalue weighted by Crippen LogP contribution is 2.68. The second-order valence-electron chi connectivity index (χ2n) is 14.5. The number of rotatable bonds is 10. The number of fused-ring (bicyclic) bond motifs is 5. The average molecular weight is 566 g/mol. The van der Waals surface area contributed by atoms with Crippen LogP contribution in [0.15, 0.2) is 12.7 Å². The molecule has 0 bridgehead atoms. The summed E-state index contributed by atoms with van der Waals surface area (Å²) < 4.78 is 0.944. The molecule has 4 heteroatoms. The fourth-order valence-electron chi connectivity index (χ4n) is 10.1. The van der Waals surface area contributed by atoms with E-state index in [1.165, 1.54) is 64.2 Å². The fourth-order valence-corrected chi connectivity index (χ4v) is 10.1. The molecule has 4 rings (SSSR count). The molecule has 4 fully saturated rings. The molecule has 0 radical (unpaired) electrons. The van der Waals surface area contributed by atoms with Crippen LogP contribution >= 0.6 is 0 Å². The topological polar surface area (TPSA) is 29.1 Å². The first-order valence-electron chi connectivity index (χ1n) is 15.3. The highest BCUT2D eigenvalue weighted by Gasteiger charge is 2.60. The Bertz CT molecular complexity index is 752. The van der Waals surface area contributed by atoms with Crippen LogP contribution in [0.3, 0.4) is 0 Å². The van der Waals surface area contributed by atoms with Gasteiger partial charge in [-0.3, -0.25) is 4.79 Å². The van der Waals surface area contributed by atoms with E-state index in [9.17, 15) is 4.79 Å². The third-order valence-corrected chi connectivity index (χ3v) is 12.1. The van der Waals surface area contributed by atoms with E-state index in [2.05, 4.69) is 46.8 Å². The van der Waals surface area contributed by atoms with Gasteiger partial charge in [0.2, 0.25) is 5.91 Å². The van der Waals surface area contributed by atoms with Gasteiger partial charge in [0, 0.05) is 19.4 Å². The summed E-state index contributed by atoms with van der Waals surface area (Å²) in [5.41, 5.74) is 1.16. The lowest BCUT2D eigenvalue weighted by atomic mass is 9.44. The Labute approximate surface area is 234 Å². The molecule has 4 aliphatic carbocycles. The average Bonchev–Trinajstić information content (AvgIpc) is 3.17. The number of halogens is 1. The van der Waals surface area contributed by atoms with Gasteiger partial charge in [-0.15, -0.1) is 0 Å². The minimum atomic E-state index is 0. The second-order valence-corrected chi connectivity index (χ2v) is 14.5. The molecule has 4 unspecified atom stereocenters. The first kappa shape index (κ1) is 30.2. The maximum atomic E-state index is 12.6. The van der Waals surface area contributed by atoms with Crippen molar-refractivity contribution in [3.05, 3.63) is 12.7 Å². The Morgan fingerprint density at radius 3 is 2.53 bits per heavy atom. The lowest BCUT2D eigenvalue weighted by Gasteiger charge is -2.61. The highest BCUT2D eigenvalue weighted by atomic mass is 79.9. The van der Waals surface area contributed by atoms with Gasteiger partial charge in [0.15, 0.2) is 0 Å². The van der Waals surface area contributed by atoms with Gasteiger partial charge in [0.05, 0.1) is 27.2 Å². The second kappa shape index (κ2) is 12.2. The van der Waals surface area contributed by atoms with Gasteiger partial charge in [-0.2, -0.15) is 0 Å². The van der Waals surface area contributed by atoms with Crippen molar-refractivity contribution in [3.63, 3.8) is 0 Å². The molecule has 0 aromatic carbocycles. The third kappa shape index (κ3) is 6.11. The Balaban J connectivity index is 0.00000361. The van der Waals surface area contributed by atoms with Crippen molar-refractivity contribution in [2.45, 2.75) is 104 Å². The SMILES string of the molecule is C=CC[N+](C)(C)CCCNC(=O)CC[C@@H](C)[C@H]1CCC2C3CCC4CCCC[C@]4(C)C3CC[C@@]21C.[Br-]. The van der Waals surface area contributed by atoms with Crippen molar-refractivity contribution in [1.29, 1.82) is 0 Å². The highest BCUT2D eigenvalue weighted by molar-refractivity contribution is 5.75. The number of carbonyl (C=O) groups is 1. The van der Waals surface area contributed by atoms with E-state index >= 15 is 0 Å². The molecule has 0 aliphatic heterocycles. The molecular formula is C32H57BrN2O. The quantitative estimate of drug-likeness (QED) is 0.240. The molecule has 8 atom stereocenters. The van der Waals surface area contributed by atoms with Gasteiger partial charge >= 0.3 is 0 Å². The van der Waals surface area contributed by atoms with Crippen LogP contribution in [0.25, 0.3) is 0 Å². The van der Waals surface area contributed by atoms with Crippen molar-refractivity contribution < 1.29 is 26.3 Å². The van der Waals surface area contributed by atoms with Gasteiger partial charge in [0.25, 0.3) is 0 Å². The van der Waals surface area contributed by atoms with Crippen LogP contribution in [0.1, 0.15) is 104 Å². The molecule has 1 N–H and O–H groups in total. The molecule has 4 aliphatic rings. The van der Waals surface area contributed by atoms with Crippen molar-refractivity contribution in [3.8, 4) is 0 Å².